The van der Waals surface area contributed by atoms with Crippen molar-refractivity contribution in [2.24, 2.45) is 0 Å². The van der Waals surface area contributed by atoms with Crippen LogP contribution in [0.15, 0.2) is 54.6 Å². The molecular formula is C22H18F5N3O3. The van der Waals surface area contributed by atoms with Gasteiger partial charge in [-0.25, -0.2) is 4.68 Å². The summed E-state index contributed by atoms with van der Waals surface area (Å²) in [6.45, 7) is -1.97. The summed E-state index contributed by atoms with van der Waals surface area (Å²) in [5.74, 6) is -1.84. The molecule has 3 rings (SSSR count). The van der Waals surface area contributed by atoms with Crippen molar-refractivity contribution in [3.63, 3.8) is 0 Å². The van der Waals surface area contributed by atoms with Gasteiger partial charge in [-0.2, -0.15) is 27.1 Å². The first-order valence-corrected chi connectivity index (χ1v) is 9.45. The van der Waals surface area contributed by atoms with Crippen LogP contribution >= 0.6 is 0 Å². The minimum Gasteiger partial charge on any atom is -0.493 e. The van der Waals surface area contributed by atoms with Crippen LogP contribution < -0.4 is 14.8 Å². The van der Waals surface area contributed by atoms with Gasteiger partial charge in [-0.1, -0.05) is 30.3 Å². The number of rotatable bonds is 7. The lowest BCUT2D eigenvalue weighted by atomic mass is 10.1. The van der Waals surface area contributed by atoms with E-state index in [0.717, 1.165) is 16.8 Å². The summed E-state index contributed by atoms with van der Waals surface area (Å²) in [5.41, 5.74) is -1.06. The van der Waals surface area contributed by atoms with E-state index in [1.165, 1.54) is 44.4 Å². The molecule has 33 heavy (non-hydrogen) atoms. The van der Waals surface area contributed by atoms with Gasteiger partial charge < -0.3 is 14.8 Å². The molecule has 0 bridgehead atoms. The SMILES string of the molecule is COc1cccc(C=CC(=O)Nc2c(C(F)(F)F)c(C)nn2-c2ccccc2)c1OC(F)F. The third kappa shape index (κ3) is 5.48. The van der Waals surface area contributed by atoms with Crippen LogP contribution in [0, 0.1) is 6.92 Å². The second kappa shape index (κ2) is 9.72. The molecular weight excluding hydrogens is 449 g/mol. The highest BCUT2D eigenvalue weighted by atomic mass is 19.4. The lowest BCUT2D eigenvalue weighted by molar-refractivity contribution is -0.137. The molecule has 0 aliphatic rings. The maximum absolute atomic E-state index is 13.7. The van der Waals surface area contributed by atoms with Gasteiger partial charge in [0.05, 0.1) is 18.5 Å². The van der Waals surface area contributed by atoms with Crippen molar-refractivity contribution >= 4 is 17.8 Å². The number of carbonyl (C=O) groups is 1. The van der Waals surface area contributed by atoms with Gasteiger partial charge in [-0.05, 0) is 31.2 Å². The molecule has 0 unspecified atom stereocenters. The summed E-state index contributed by atoms with van der Waals surface area (Å²) in [7, 11) is 1.25. The number of nitrogens with one attached hydrogen (secondary N) is 1. The number of alkyl halides is 5. The first-order valence-electron chi connectivity index (χ1n) is 9.45. The number of aromatic nitrogens is 2. The Hall–Kier alpha value is -3.89. The van der Waals surface area contributed by atoms with Crippen LogP contribution in [0.5, 0.6) is 11.5 Å². The molecule has 0 spiro atoms. The Morgan fingerprint density at radius 3 is 2.42 bits per heavy atom. The summed E-state index contributed by atoms with van der Waals surface area (Å²) in [5, 5.41) is 6.12. The normalized spacial score (nSPS) is 11.8. The van der Waals surface area contributed by atoms with E-state index in [0.29, 0.717) is 5.69 Å². The second-order valence-electron chi connectivity index (χ2n) is 6.63. The van der Waals surface area contributed by atoms with Crippen LogP contribution in [0.1, 0.15) is 16.8 Å². The van der Waals surface area contributed by atoms with Crippen molar-refractivity contribution in [3.05, 3.63) is 71.4 Å². The smallest absolute Gasteiger partial charge is 0.421 e. The number of hydrogen-bond acceptors (Lipinski definition) is 4. The van der Waals surface area contributed by atoms with E-state index >= 15 is 0 Å². The number of carbonyl (C=O) groups excluding carboxylic acids is 1. The number of benzene rings is 2. The van der Waals surface area contributed by atoms with Crippen molar-refractivity contribution in [1.29, 1.82) is 0 Å². The van der Waals surface area contributed by atoms with Gasteiger partial charge in [-0.3, -0.25) is 4.79 Å². The van der Waals surface area contributed by atoms with Crippen LogP contribution in [0.4, 0.5) is 27.8 Å². The van der Waals surface area contributed by atoms with Crippen molar-refractivity contribution < 1.29 is 36.2 Å². The standard InChI is InChI=1S/C22H18F5N3O3/c1-13-18(22(25,26)27)20(30(29-13)15-8-4-3-5-9-15)28-17(31)12-11-14-7-6-10-16(32-2)19(14)33-21(23)24/h3-12,21H,1-2H3,(H,28,31). The average molecular weight is 467 g/mol. The summed E-state index contributed by atoms with van der Waals surface area (Å²) >= 11 is 0. The van der Waals surface area contributed by atoms with Gasteiger partial charge in [0.1, 0.15) is 11.4 Å². The van der Waals surface area contributed by atoms with Gasteiger partial charge in [0.15, 0.2) is 11.5 Å². The number of aryl methyl sites for hydroxylation is 1. The molecule has 2 aromatic carbocycles. The van der Waals surface area contributed by atoms with Gasteiger partial charge in [-0.15, -0.1) is 0 Å². The molecule has 11 heteroatoms. The van der Waals surface area contributed by atoms with E-state index in [1.54, 1.807) is 18.2 Å². The van der Waals surface area contributed by atoms with E-state index in [2.05, 4.69) is 15.2 Å². The number of amides is 1. The van der Waals surface area contributed by atoms with Crippen LogP contribution in [-0.2, 0) is 11.0 Å². The fourth-order valence-electron chi connectivity index (χ4n) is 3.10. The van der Waals surface area contributed by atoms with Crippen LogP contribution in [0.2, 0.25) is 0 Å². The number of methoxy groups -OCH3 is 1. The fourth-order valence-corrected chi connectivity index (χ4v) is 3.10. The Labute approximate surface area is 185 Å². The fraction of sp³-hybridized carbons (Fsp3) is 0.182. The zero-order valence-electron chi connectivity index (χ0n) is 17.4. The Morgan fingerprint density at radius 1 is 1.12 bits per heavy atom. The number of halogens is 5. The first kappa shape index (κ1) is 23.8. The molecule has 1 amide bonds. The molecule has 0 radical (unpaired) electrons. The Morgan fingerprint density at radius 2 is 1.82 bits per heavy atom. The quantitative estimate of drug-likeness (QED) is 0.370. The maximum atomic E-state index is 13.7. The van der Waals surface area contributed by atoms with Crippen LogP contribution in [0.3, 0.4) is 0 Å². The molecule has 1 aromatic heterocycles. The number of ether oxygens (including phenoxy) is 2. The highest BCUT2D eigenvalue weighted by Gasteiger charge is 2.39. The van der Waals surface area contributed by atoms with E-state index in [-0.39, 0.29) is 22.8 Å². The molecule has 1 heterocycles. The lowest BCUT2D eigenvalue weighted by Crippen LogP contribution is -2.17. The van der Waals surface area contributed by atoms with Crippen molar-refractivity contribution in [1.82, 2.24) is 9.78 Å². The van der Waals surface area contributed by atoms with Gasteiger partial charge >= 0.3 is 12.8 Å². The second-order valence-corrected chi connectivity index (χ2v) is 6.63. The van der Waals surface area contributed by atoms with E-state index < -0.39 is 30.1 Å². The summed E-state index contributed by atoms with van der Waals surface area (Å²) < 4.78 is 77.0. The minimum atomic E-state index is -4.78. The van der Waals surface area contributed by atoms with Gasteiger partial charge in [0, 0.05) is 11.6 Å². The number of hydrogen-bond donors (Lipinski definition) is 1. The molecule has 0 atom stereocenters. The summed E-state index contributed by atoms with van der Waals surface area (Å²) in [6.07, 6.45) is -2.77. The molecule has 3 aromatic rings. The zero-order chi connectivity index (χ0) is 24.2. The predicted molar refractivity (Wildman–Crippen MR) is 111 cm³/mol. The molecule has 0 aliphatic carbocycles. The Bertz CT molecular complexity index is 1160. The van der Waals surface area contributed by atoms with Gasteiger partial charge in [0.2, 0.25) is 5.91 Å². The highest BCUT2D eigenvalue weighted by Crippen LogP contribution is 2.38. The molecule has 0 saturated carbocycles. The van der Waals surface area contributed by atoms with Crippen molar-refractivity contribution in [2.45, 2.75) is 19.7 Å². The highest BCUT2D eigenvalue weighted by molar-refractivity contribution is 6.02. The monoisotopic (exact) mass is 467 g/mol. The zero-order valence-corrected chi connectivity index (χ0v) is 17.4. The largest absolute Gasteiger partial charge is 0.493 e. The van der Waals surface area contributed by atoms with Crippen molar-refractivity contribution in [3.8, 4) is 17.2 Å². The van der Waals surface area contributed by atoms with E-state index in [9.17, 15) is 26.7 Å². The number of para-hydroxylation sites is 2. The van der Waals surface area contributed by atoms with Crippen LogP contribution in [-0.4, -0.2) is 29.4 Å². The third-order valence-electron chi connectivity index (χ3n) is 4.44. The number of anilines is 1. The van der Waals surface area contributed by atoms with Crippen molar-refractivity contribution in [2.75, 3.05) is 12.4 Å². The Kier molecular flexibility index (Phi) is 7.00. The molecule has 0 saturated heterocycles. The van der Waals surface area contributed by atoms with Gasteiger partial charge in [0.25, 0.3) is 0 Å². The number of nitrogens with zero attached hydrogens (tertiary/aromatic N) is 2. The lowest BCUT2D eigenvalue weighted by Gasteiger charge is -2.13. The summed E-state index contributed by atoms with van der Waals surface area (Å²) in [6, 6.07) is 12.2. The molecule has 1 N–H and O–H groups in total. The molecule has 174 valence electrons. The maximum Gasteiger partial charge on any atom is 0.421 e. The first-order chi connectivity index (χ1) is 15.6. The average Bonchev–Trinajstić information content (AvgIpc) is 3.09. The topological polar surface area (TPSA) is 65.4 Å². The Balaban J connectivity index is 1.97. The molecule has 6 nitrogen and oxygen atoms in total. The minimum absolute atomic E-state index is 0.00463. The van der Waals surface area contributed by atoms with Crippen LogP contribution in [0.25, 0.3) is 11.8 Å². The van der Waals surface area contributed by atoms with E-state index in [4.69, 9.17) is 4.74 Å². The predicted octanol–water partition coefficient (Wildman–Crippen LogP) is 5.46. The molecule has 0 fully saturated rings. The third-order valence-corrected chi connectivity index (χ3v) is 4.44. The van der Waals surface area contributed by atoms with E-state index in [1.807, 2.05) is 0 Å². The molecule has 0 aliphatic heterocycles. The summed E-state index contributed by atoms with van der Waals surface area (Å²) in [4.78, 5) is 12.5.